The molecule has 0 amide bonds. The molecule has 146 valence electrons. The largest absolute Gasteiger partial charge is 0.467 e. The summed E-state index contributed by atoms with van der Waals surface area (Å²) in [6.07, 6.45) is 1.61. The number of Topliss-reactive ketones (excluding diaryl/α,β-unsaturated/α-hetero) is 1. The Morgan fingerprint density at radius 3 is 2.38 bits per heavy atom. The van der Waals surface area contributed by atoms with E-state index in [-0.39, 0.29) is 5.78 Å². The monoisotopic (exact) mass is 404 g/mol. The third kappa shape index (κ3) is 4.46. The number of thioether (sulfide) groups is 1. The van der Waals surface area contributed by atoms with E-state index in [2.05, 4.69) is 15.5 Å². The molecule has 0 saturated carbocycles. The van der Waals surface area contributed by atoms with Crippen molar-refractivity contribution in [1.82, 2.24) is 20.2 Å². The number of ketones is 1. The van der Waals surface area contributed by atoms with E-state index in [1.807, 2.05) is 74.5 Å². The first-order valence-electron chi connectivity index (χ1n) is 9.23. The fraction of sp³-hybridized carbons (Fsp3) is 0.182. The minimum Gasteiger partial charge on any atom is -0.467 e. The first-order chi connectivity index (χ1) is 14.1. The van der Waals surface area contributed by atoms with Gasteiger partial charge >= 0.3 is 0 Å². The number of aryl methyl sites for hydroxylation is 2. The van der Waals surface area contributed by atoms with Crippen LogP contribution in [0.3, 0.4) is 0 Å². The lowest BCUT2D eigenvalue weighted by molar-refractivity contribution is 0.0989. The lowest BCUT2D eigenvalue weighted by Crippen LogP contribution is -2.12. The zero-order chi connectivity index (χ0) is 20.2. The van der Waals surface area contributed by atoms with Crippen molar-refractivity contribution in [2.24, 2.45) is 0 Å². The van der Waals surface area contributed by atoms with Gasteiger partial charge in [0.2, 0.25) is 5.16 Å². The van der Waals surface area contributed by atoms with E-state index in [1.54, 1.807) is 10.9 Å². The van der Waals surface area contributed by atoms with Gasteiger partial charge in [-0.3, -0.25) is 4.79 Å². The van der Waals surface area contributed by atoms with E-state index in [0.717, 1.165) is 22.5 Å². The van der Waals surface area contributed by atoms with Crippen molar-refractivity contribution in [3.05, 3.63) is 94.9 Å². The molecule has 0 N–H and O–H groups in total. The minimum absolute atomic E-state index is 0.0198. The summed E-state index contributed by atoms with van der Waals surface area (Å²) in [6, 6.07) is 19.3. The Morgan fingerprint density at radius 1 is 1.03 bits per heavy atom. The summed E-state index contributed by atoms with van der Waals surface area (Å²) in [5, 5.41) is 12.1. The number of furan rings is 1. The molecule has 7 heteroatoms. The van der Waals surface area contributed by atoms with Gasteiger partial charge in [-0.15, -0.1) is 5.10 Å². The molecule has 4 rings (SSSR count). The molecule has 2 heterocycles. The molecule has 0 aliphatic carbocycles. The number of aromatic nitrogens is 4. The van der Waals surface area contributed by atoms with E-state index < -0.39 is 5.25 Å². The van der Waals surface area contributed by atoms with Gasteiger partial charge in [0.25, 0.3) is 0 Å². The van der Waals surface area contributed by atoms with Gasteiger partial charge in [-0.25, -0.2) is 4.68 Å². The van der Waals surface area contributed by atoms with Gasteiger partial charge in [0, 0.05) is 5.56 Å². The Labute approximate surface area is 172 Å². The Morgan fingerprint density at radius 2 is 1.72 bits per heavy atom. The zero-order valence-corrected chi connectivity index (χ0v) is 17.0. The fourth-order valence-corrected chi connectivity index (χ4v) is 3.97. The smallest absolute Gasteiger partial charge is 0.210 e. The second-order valence-electron chi connectivity index (χ2n) is 6.84. The van der Waals surface area contributed by atoms with Crippen LogP contribution >= 0.6 is 11.8 Å². The Balaban J connectivity index is 1.66. The molecule has 29 heavy (non-hydrogen) atoms. The Hall–Kier alpha value is -3.19. The van der Waals surface area contributed by atoms with Crippen molar-refractivity contribution < 1.29 is 9.21 Å². The average molecular weight is 404 g/mol. The molecule has 1 unspecified atom stereocenters. The van der Waals surface area contributed by atoms with Crippen LogP contribution in [0.25, 0.3) is 0 Å². The second-order valence-corrected chi connectivity index (χ2v) is 7.91. The van der Waals surface area contributed by atoms with Gasteiger partial charge < -0.3 is 4.42 Å². The highest BCUT2D eigenvalue weighted by atomic mass is 32.2. The predicted molar refractivity (Wildman–Crippen MR) is 111 cm³/mol. The number of nitrogens with zero attached hydrogens (tertiary/aromatic N) is 4. The molecule has 0 aliphatic heterocycles. The van der Waals surface area contributed by atoms with Gasteiger partial charge in [-0.1, -0.05) is 71.4 Å². The summed E-state index contributed by atoms with van der Waals surface area (Å²) < 4.78 is 7.05. The van der Waals surface area contributed by atoms with Crippen LogP contribution in [0.4, 0.5) is 0 Å². The molecule has 0 spiro atoms. The van der Waals surface area contributed by atoms with Crippen molar-refractivity contribution in [2.75, 3.05) is 0 Å². The van der Waals surface area contributed by atoms with Gasteiger partial charge in [0.05, 0.1) is 6.26 Å². The summed E-state index contributed by atoms with van der Waals surface area (Å²) in [4.78, 5) is 13.4. The molecule has 1 atom stereocenters. The third-order valence-electron chi connectivity index (χ3n) is 4.56. The lowest BCUT2D eigenvalue weighted by atomic mass is 10.0. The van der Waals surface area contributed by atoms with Crippen molar-refractivity contribution in [3.8, 4) is 0 Å². The number of carbonyl (C=O) groups is 1. The van der Waals surface area contributed by atoms with E-state index in [9.17, 15) is 4.79 Å². The van der Waals surface area contributed by atoms with Crippen molar-refractivity contribution in [3.63, 3.8) is 0 Å². The van der Waals surface area contributed by atoms with E-state index in [0.29, 0.717) is 17.3 Å². The number of carbonyl (C=O) groups excluding carboxylic acids is 1. The minimum atomic E-state index is -0.459. The summed E-state index contributed by atoms with van der Waals surface area (Å²) >= 11 is 1.35. The predicted octanol–water partition coefficient (Wildman–Crippen LogP) is 4.65. The van der Waals surface area contributed by atoms with Crippen molar-refractivity contribution in [2.45, 2.75) is 30.8 Å². The number of tetrazole rings is 1. The fourth-order valence-electron chi connectivity index (χ4n) is 2.92. The summed E-state index contributed by atoms with van der Waals surface area (Å²) in [6.45, 7) is 4.43. The van der Waals surface area contributed by atoms with Crippen molar-refractivity contribution >= 4 is 17.5 Å². The maximum absolute atomic E-state index is 13.4. The number of hydrogen-bond acceptors (Lipinski definition) is 6. The van der Waals surface area contributed by atoms with Crippen LogP contribution in [0, 0.1) is 13.8 Å². The molecule has 0 radical (unpaired) electrons. The Kier molecular flexibility index (Phi) is 5.57. The number of hydrogen-bond donors (Lipinski definition) is 0. The van der Waals surface area contributed by atoms with Crippen LogP contribution in [0.1, 0.15) is 38.1 Å². The zero-order valence-electron chi connectivity index (χ0n) is 16.1. The maximum atomic E-state index is 13.4. The molecule has 4 aromatic rings. The maximum Gasteiger partial charge on any atom is 0.210 e. The number of benzene rings is 2. The van der Waals surface area contributed by atoms with Crippen LogP contribution in [0.2, 0.25) is 0 Å². The van der Waals surface area contributed by atoms with E-state index in [4.69, 9.17) is 4.42 Å². The highest BCUT2D eigenvalue weighted by Crippen LogP contribution is 2.37. The number of rotatable bonds is 7. The normalized spacial score (nSPS) is 12.1. The molecule has 0 fully saturated rings. The average Bonchev–Trinajstić information content (AvgIpc) is 3.40. The highest BCUT2D eigenvalue weighted by molar-refractivity contribution is 8.00. The van der Waals surface area contributed by atoms with Gasteiger partial charge in [0.1, 0.15) is 17.6 Å². The van der Waals surface area contributed by atoms with Gasteiger partial charge in [-0.2, -0.15) is 0 Å². The second kappa shape index (κ2) is 8.45. The van der Waals surface area contributed by atoms with Crippen molar-refractivity contribution in [1.29, 1.82) is 0 Å². The summed E-state index contributed by atoms with van der Waals surface area (Å²) in [5.41, 5.74) is 3.84. The topological polar surface area (TPSA) is 73.8 Å². The molecule has 2 aromatic carbocycles. The quantitative estimate of drug-likeness (QED) is 0.330. The Bertz CT molecular complexity index is 1090. The molecule has 0 saturated heterocycles. The molecule has 2 aromatic heterocycles. The van der Waals surface area contributed by atoms with Crippen LogP contribution in [0.5, 0.6) is 0 Å². The first-order valence-corrected chi connectivity index (χ1v) is 10.1. The molecular weight excluding hydrogens is 384 g/mol. The van der Waals surface area contributed by atoms with Crippen LogP contribution in [-0.4, -0.2) is 26.0 Å². The van der Waals surface area contributed by atoms with E-state index in [1.165, 1.54) is 11.8 Å². The summed E-state index contributed by atoms with van der Waals surface area (Å²) in [5.74, 6) is 0.766. The highest BCUT2D eigenvalue weighted by Gasteiger charge is 2.26. The standard InChI is InChI=1S/C22H20N4O2S/c1-15-5-9-17(10-6-15)20(27)21(18-11-7-16(2)8-12-18)29-22-23-24-25-26(22)14-19-4-3-13-28-19/h3-13,21H,14H2,1-2H3. The van der Waals surface area contributed by atoms with Crippen LogP contribution in [0.15, 0.2) is 76.5 Å². The van der Waals surface area contributed by atoms with Gasteiger partial charge in [0.15, 0.2) is 5.78 Å². The molecule has 0 aliphatic rings. The molecular formula is C22H20N4O2S. The van der Waals surface area contributed by atoms with Crippen LogP contribution in [-0.2, 0) is 6.54 Å². The van der Waals surface area contributed by atoms with Crippen LogP contribution < -0.4 is 0 Å². The first kappa shape index (κ1) is 19.1. The third-order valence-corrected chi connectivity index (χ3v) is 5.79. The molecule has 6 nitrogen and oxygen atoms in total. The van der Waals surface area contributed by atoms with Gasteiger partial charge in [-0.05, 0) is 42.0 Å². The SMILES string of the molecule is Cc1ccc(C(=O)C(Sc2nnnn2Cc2ccco2)c2ccc(C)cc2)cc1. The molecule has 0 bridgehead atoms. The van der Waals surface area contributed by atoms with E-state index >= 15 is 0 Å². The lowest BCUT2D eigenvalue weighted by Gasteiger charge is -2.16. The summed E-state index contributed by atoms with van der Waals surface area (Å²) in [7, 11) is 0.